The number of halogens is 2. The lowest BCUT2D eigenvalue weighted by Gasteiger charge is -2.25. The first-order chi connectivity index (χ1) is 19.7. The Hall–Kier alpha value is -3.14. The molecule has 0 spiro atoms. The molecule has 1 fully saturated rings. The van der Waals surface area contributed by atoms with Crippen LogP contribution in [0.3, 0.4) is 0 Å². The molecule has 3 aromatic rings. The number of amides is 1. The zero-order valence-electron chi connectivity index (χ0n) is 23.3. The molecule has 3 N–H and O–H groups in total. The van der Waals surface area contributed by atoms with Crippen LogP contribution in [-0.4, -0.2) is 43.4 Å². The van der Waals surface area contributed by atoms with E-state index < -0.39 is 44.8 Å². The summed E-state index contributed by atoms with van der Waals surface area (Å²) in [5, 5.41) is 16.6. The average molecular weight is 585 g/mol. The number of carbonyl (C=O) groups excluding carboxylic acids is 1. The summed E-state index contributed by atoms with van der Waals surface area (Å²) in [5.74, 6) is -2.02. The van der Waals surface area contributed by atoms with Crippen molar-refractivity contribution in [1.29, 1.82) is 0 Å². The van der Waals surface area contributed by atoms with Gasteiger partial charge < -0.3 is 15.7 Å². The third-order valence-corrected chi connectivity index (χ3v) is 9.96. The second-order valence-electron chi connectivity index (χ2n) is 10.8. The van der Waals surface area contributed by atoms with E-state index in [1.165, 1.54) is 42.0 Å². The van der Waals surface area contributed by atoms with E-state index in [0.29, 0.717) is 19.4 Å². The van der Waals surface area contributed by atoms with Gasteiger partial charge >= 0.3 is 0 Å². The maximum atomic E-state index is 13.9. The minimum absolute atomic E-state index is 0.0112. The first-order valence-electron chi connectivity index (χ1n) is 14.2. The van der Waals surface area contributed by atoms with E-state index in [2.05, 4.69) is 23.6 Å². The molecule has 1 amide bonds. The Labute approximate surface area is 241 Å². The van der Waals surface area contributed by atoms with Crippen LogP contribution >= 0.6 is 0 Å². The molecule has 1 aliphatic carbocycles. The predicted octanol–water partition coefficient (Wildman–Crippen LogP) is 5.13. The van der Waals surface area contributed by atoms with E-state index in [-0.39, 0.29) is 29.0 Å². The van der Waals surface area contributed by atoms with Crippen LogP contribution in [0.25, 0.3) is 0 Å². The molecule has 0 bridgehead atoms. The van der Waals surface area contributed by atoms with Crippen LogP contribution in [0, 0.1) is 11.6 Å². The van der Waals surface area contributed by atoms with Gasteiger partial charge in [0.1, 0.15) is 11.6 Å². The number of rotatable bonds is 12. The Morgan fingerprint density at radius 1 is 0.927 bits per heavy atom. The molecule has 0 heterocycles. The van der Waals surface area contributed by atoms with Crippen LogP contribution in [0.15, 0.2) is 71.6 Å². The van der Waals surface area contributed by atoms with E-state index in [9.17, 15) is 27.1 Å². The Kier molecular flexibility index (Phi) is 10.6. The van der Waals surface area contributed by atoms with Crippen molar-refractivity contribution in [2.24, 2.45) is 0 Å². The zero-order valence-corrected chi connectivity index (χ0v) is 24.1. The van der Waals surface area contributed by atoms with Gasteiger partial charge in [-0.05, 0) is 78.8 Å². The zero-order chi connectivity index (χ0) is 29.4. The third kappa shape index (κ3) is 8.44. The molecule has 0 aromatic heterocycles. The van der Waals surface area contributed by atoms with E-state index in [1.807, 2.05) is 18.2 Å². The lowest BCUT2D eigenvalue weighted by Crippen LogP contribution is -2.48. The summed E-state index contributed by atoms with van der Waals surface area (Å²) in [6.45, 7) is 2.69. The smallest absolute Gasteiger partial charge is 0.251 e. The Bertz CT molecular complexity index is 1400. The largest absolute Gasteiger partial charge is 0.390 e. The maximum absolute atomic E-state index is 13.9. The van der Waals surface area contributed by atoms with Crippen LogP contribution in [0.4, 0.5) is 8.78 Å². The highest BCUT2D eigenvalue weighted by Crippen LogP contribution is 2.28. The van der Waals surface area contributed by atoms with Crippen molar-refractivity contribution in [1.82, 2.24) is 10.6 Å². The van der Waals surface area contributed by atoms with Crippen LogP contribution in [0.1, 0.15) is 66.1 Å². The van der Waals surface area contributed by atoms with Crippen molar-refractivity contribution in [2.75, 3.05) is 6.54 Å². The van der Waals surface area contributed by atoms with Gasteiger partial charge in [-0.1, -0.05) is 50.5 Å². The van der Waals surface area contributed by atoms with E-state index in [1.54, 1.807) is 0 Å². The molecule has 0 unspecified atom stereocenters. The fraction of sp³-hybridized carbons (Fsp3) is 0.406. The number of aliphatic hydroxyl groups excluding tert-OH is 1. The van der Waals surface area contributed by atoms with Crippen molar-refractivity contribution >= 4 is 15.7 Å². The van der Waals surface area contributed by atoms with Crippen LogP contribution in [-0.2, 0) is 29.2 Å². The highest BCUT2D eigenvalue weighted by atomic mass is 32.2. The molecule has 41 heavy (non-hydrogen) atoms. The van der Waals surface area contributed by atoms with Crippen molar-refractivity contribution in [2.45, 2.75) is 80.7 Å². The highest BCUT2D eigenvalue weighted by Gasteiger charge is 2.29. The number of hydrogen-bond acceptors (Lipinski definition) is 5. The van der Waals surface area contributed by atoms with Gasteiger partial charge in [0.2, 0.25) is 0 Å². The first kappa shape index (κ1) is 30.8. The number of benzene rings is 3. The van der Waals surface area contributed by atoms with E-state index >= 15 is 0 Å². The van der Waals surface area contributed by atoms with Crippen molar-refractivity contribution in [3.63, 3.8) is 0 Å². The van der Waals surface area contributed by atoms with Crippen molar-refractivity contribution in [3.8, 4) is 0 Å². The topological polar surface area (TPSA) is 95.5 Å². The molecule has 0 radical (unpaired) electrons. The van der Waals surface area contributed by atoms with Crippen LogP contribution in [0.5, 0.6) is 0 Å². The lowest BCUT2D eigenvalue weighted by molar-refractivity contribution is 0.0829. The van der Waals surface area contributed by atoms with Gasteiger partial charge in [0.15, 0.2) is 9.84 Å². The first-order valence-corrected chi connectivity index (χ1v) is 15.8. The minimum atomic E-state index is -3.48. The number of carbonyl (C=O) groups is 1. The summed E-state index contributed by atoms with van der Waals surface area (Å²) in [5.41, 5.74) is 2.75. The molecular weight excluding hydrogens is 546 g/mol. The number of sulfone groups is 1. The van der Waals surface area contributed by atoms with Crippen molar-refractivity contribution < 1.29 is 27.1 Å². The summed E-state index contributed by atoms with van der Waals surface area (Å²) in [6, 6.07) is 16.1. The normalized spacial score (nSPS) is 15.8. The fourth-order valence-corrected chi connectivity index (χ4v) is 7.20. The summed E-state index contributed by atoms with van der Waals surface area (Å²) in [4.78, 5) is 13.4. The molecular formula is C32H38F2N2O4S. The quantitative estimate of drug-likeness (QED) is 0.275. The van der Waals surface area contributed by atoms with Gasteiger partial charge in [0.25, 0.3) is 5.91 Å². The molecule has 3 aromatic carbocycles. The lowest BCUT2D eigenvalue weighted by atomic mass is 10.00. The molecule has 0 saturated heterocycles. The minimum Gasteiger partial charge on any atom is -0.390 e. The molecule has 220 valence electrons. The van der Waals surface area contributed by atoms with E-state index in [0.717, 1.165) is 37.3 Å². The summed E-state index contributed by atoms with van der Waals surface area (Å²) in [6.07, 6.45) is 3.93. The Morgan fingerprint density at radius 3 is 2.24 bits per heavy atom. The number of nitrogens with one attached hydrogen (secondary N) is 2. The summed E-state index contributed by atoms with van der Waals surface area (Å²) in [7, 11) is -3.48. The molecule has 1 saturated carbocycles. The van der Waals surface area contributed by atoms with E-state index in [4.69, 9.17) is 0 Å². The molecule has 6 nitrogen and oxygen atoms in total. The molecule has 2 atom stereocenters. The van der Waals surface area contributed by atoms with Crippen LogP contribution in [0.2, 0.25) is 0 Å². The van der Waals surface area contributed by atoms with Gasteiger partial charge in [-0.15, -0.1) is 0 Å². The van der Waals surface area contributed by atoms with Gasteiger partial charge in [-0.25, -0.2) is 17.2 Å². The predicted molar refractivity (Wildman–Crippen MR) is 155 cm³/mol. The Morgan fingerprint density at radius 2 is 1.59 bits per heavy atom. The molecule has 1 aliphatic rings. The molecule has 0 aliphatic heterocycles. The standard InChI is InChI=1S/C32H38F2N2O4S/c1-2-22-7-6-8-23(15-22)20-35-21-31(37)30(18-24-16-26(33)19-27(34)17-24)36-32(38)25-11-13-29(14-12-25)41(39,40)28-9-4-3-5-10-28/h6-8,11-17,19,28,30-31,35,37H,2-5,9-10,18,20-21H2,1H3,(H,36,38)/t30-,31+/m0/s1. The third-order valence-electron chi connectivity index (χ3n) is 7.68. The van der Waals surface area contributed by atoms with Gasteiger partial charge in [0, 0.05) is 24.7 Å². The van der Waals surface area contributed by atoms with Gasteiger partial charge in [-0.2, -0.15) is 0 Å². The van der Waals surface area contributed by atoms with Gasteiger partial charge in [-0.3, -0.25) is 4.79 Å². The average Bonchev–Trinajstić information content (AvgIpc) is 2.97. The fourth-order valence-electron chi connectivity index (χ4n) is 5.35. The SMILES string of the molecule is CCc1cccc(CNC[C@@H](O)[C@H](Cc2cc(F)cc(F)c2)NC(=O)c2ccc(S(=O)(=O)C3CCCCC3)cc2)c1. The maximum Gasteiger partial charge on any atom is 0.251 e. The van der Waals surface area contributed by atoms with Crippen LogP contribution < -0.4 is 10.6 Å². The van der Waals surface area contributed by atoms with Crippen molar-refractivity contribution in [3.05, 3.63) is 101 Å². The summed E-state index contributed by atoms with van der Waals surface area (Å²) >= 11 is 0. The highest BCUT2D eigenvalue weighted by molar-refractivity contribution is 7.92. The van der Waals surface area contributed by atoms with Gasteiger partial charge in [0.05, 0.1) is 22.3 Å². The monoisotopic (exact) mass is 584 g/mol. The second kappa shape index (κ2) is 14.2. The molecule has 9 heteroatoms. The number of aryl methyl sites for hydroxylation is 1. The molecule has 4 rings (SSSR count). The second-order valence-corrected chi connectivity index (χ2v) is 13.0. The Balaban J connectivity index is 1.46. The summed E-state index contributed by atoms with van der Waals surface area (Å²) < 4.78 is 53.8. The number of hydrogen-bond donors (Lipinski definition) is 3. The number of aliphatic hydroxyl groups is 1.